The quantitative estimate of drug-likeness (QED) is 0.268. The first kappa shape index (κ1) is 24.5. The monoisotopic (exact) mass is 536 g/mol. The van der Waals surface area contributed by atoms with Crippen LogP contribution in [0.3, 0.4) is 0 Å². The third-order valence-corrected chi connectivity index (χ3v) is 8.27. The predicted octanol–water partition coefficient (Wildman–Crippen LogP) is 4.84. The molecule has 3 aromatic rings. The number of ether oxygens (including phenoxy) is 3. The maximum Gasteiger partial charge on any atom is 0.335 e. The fourth-order valence-corrected chi connectivity index (χ4v) is 6.44. The SMILES string of the molecule is Cc1ccc(C(C)C)c(OC(=O)[C@@H]2[C@@H]3C(=O)N(c4ccc5c(c4)OCO5)C(=O)[C@@H]3[C@H]3C=Cc4ccccc4N32)c1. The molecule has 0 radical (unpaired) electrons. The lowest BCUT2D eigenvalue weighted by Gasteiger charge is -2.36. The van der Waals surface area contributed by atoms with E-state index in [9.17, 15) is 14.4 Å². The third kappa shape index (κ3) is 3.55. The van der Waals surface area contributed by atoms with Gasteiger partial charge in [-0.15, -0.1) is 0 Å². The molecule has 4 aliphatic rings. The van der Waals surface area contributed by atoms with E-state index in [2.05, 4.69) is 0 Å². The molecule has 0 unspecified atom stereocenters. The maximum atomic E-state index is 14.2. The molecule has 0 N–H and O–H groups in total. The van der Waals surface area contributed by atoms with Crippen LogP contribution in [0.1, 0.15) is 36.5 Å². The minimum absolute atomic E-state index is 0.0818. The van der Waals surface area contributed by atoms with Crippen LogP contribution in [0.25, 0.3) is 6.08 Å². The molecule has 0 saturated carbocycles. The molecule has 40 heavy (non-hydrogen) atoms. The lowest BCUT2D eigenvalue weighted by molar-refractivity contribution is -0.139. The number of hydrogen-bond donors (Lipinski definition) is 0. The highest BCUT2D eigenvalue weighted by molar-refractivity contribution is 6.24. The minimum atomic E-state index is -0.989. The van der Waals surface area contributed by atoms with Gasteiger partial charge in [-0.25, -0.2) is 9.69 Å². The van der Waals surface area contributed by atoms with E-state index in [1.807, 2.05) is 80.3 Å². The fourth-order valence-electron chi connectivity index (χ4n) is 6.44. The summed E-state index contributed by atoms with van der Waals surface area (Å²) < 4.78 is 17.0. The Labute approximate surface area is 231 Å². The van der Waals surface area contributed by atoms with Crippen LogP contribution in [-0.2, 0) is 14.4 Å². The van der Waals surface area contributed by atoms with E-state index in [0.717, 1.165) is 22.4 Å². The van der Waals surface area contributed by atoms with Crippen molar-refractivity contribution in [3.05, 3.63) is 83.4 Å². The first-order valence-corrected chi connectivity index (χ1v) is 13.5. The van der Waals surface area contributed by atoms with E-state index in [0.29, 0.717) is 22.9 Å². The van der Waals surface area contributed by atoms with Gasteiger partial charge in [0.05, 0.1) is 23.6 Å². The van der Waals surface area contributed by atoms with Crippen LogP contribution >= 0.6 is 0 Å². The molecule has 2 saturated heterocycles. The van der Waals surface area contributed by atoms with Gasteiger partial charge in [-0.05, 0) is 53.8 Å². The van der Waals surface area contributed by atoms with Crippen LogP contribution in [0.5, 0.6) is 17.2 Å². The van der Waals surface area contributed by atoms with Gasteiger partial charge in [0, 0.05) is 11.8 Å². The van der Waals surface area contributed by atoms with Crippen molar-refractivity contribution < 1.29 is 28.6 Å². The van der Waals surface area contributed by atoms with Crippen molar-refractivity contribution >= 4 is 35.2 Å². The normalized spacial score (nSPS) is 23.9. The molecule has 202 valence electrons. The largest absolute Gasteiger partial charge is 0.454 e. The van der Waals surface area contributed by atoms with Crippen molar-refractivity contribution in [3.63, 3.8) is 0 Å². The number of carbonyl (C=O) groups is 3. The van der Waals surface area contributed by atoms with Crippen LogP contribution in [0.2, 0.25) is 0 Å². The molecule has 4 aliphatic heterocycles. The summed E-state index contributed by atoms with van der Waals surface area (Å²) in [6.07, 6.45) is 3.88. The molecular formula is C32H28N2O6. The number of rotatable bonds is 4. The zero-order valence-corrected chi connectivity index (χ0v) is 22.4. The van der Waals surface area contributed by atoms with E-state index >= 15 is 0 Å². The van der Waals surface area contributed by atoms with Crippen LogP contribution in [0.4, 0.5) is 11.4 Å². The Morgan fingerprint density at radius 2 is 1.73 bits per heavy atom. The molecule has 7 rings (SSSR count). The van der Waals surface area contributed by atoms with Gasteiger partial charge in [0.15, 0.2) is 11.5 Å². The highest BCUT2D eigenvalue weighted by Crippen LogP contribution is 2.50. The summed E-state index contributed by atoms with van der Waals surface area (Å²) in [5.74, 6) is -1.36. The average molecular weight is 537 g/mol. The van der Waals surface area contributed by atoms with E-state index in [-0.39, 0.29) is 18.6 Å². The van der Waals surface area contributed by atoms with Crippen molar-refractivity contribution in [1.82, 2.24) is 0 Å². The highest BCUT2D eigenvalue weighted by atomic mass is 16.7. The maximum absolute atomic E-state index is 14.2. The molecule has 2 fully saturated rings. The second-order valence-corrected chi connectivity index (χ2v) is 11.0. The lowest BCUT2D eigenvalue weighted by Crippen LogP contribution is -2.50. The average Bonchev–Trinajstić information content (AvgIpc) is 3.61. The first-order chi connectivity index (χ1) is 19.3. The zero-order chi connectivity index (χ0) is 27.7. The van der Waals surface area contributed by atoms with Gasteiger partial charge in [-0.2, -0.15) is 0 Å². The molecular weight excluding hydrogens is 508 g/mol. The van der Waals surface area contributed by atoms with Crippen LogP contribution in [0, 0.1) is 18.8 Å². The summed E-state index contributed by atoms with van der Waals surface area (Å²) in [6, 6.07) is 17.0. The molecule has 2 amide bonds. The predicted molar refractivity (Wildman–Crippen MR) is 148 cm³/mol. The van der Waals surface area contributed by atoms with Crippen molar-refractivity contribution in [1.29, 1.82) is 0 Å². The molecule has 4 atom stereocenters. The number of fused-ring (bicyclic) bond motifs is 6. The number of benzene rings is 3. The summed E-state index contributed by atoms with van der Waals surface area (Å²) in [6.45, 7) is 6.10. The Hall–Kier alpha value is -4.59. The van der Waals surface area contributed by atoms with E-state index < -0.39 is 35.8 Å². The number of esters is 1. The van der Waals surface area contributed by atoms with Gasteiger partial charge in [-0.1, -0.05) is 56.3 Å². The number of aryl methyl sites for hydroxylation is 1. The number of carbonyl (C=O) groups excluding carboxylic acids is 3. The van der Waals surface area contributed by atoms with Gasteiger partial charge >= 0.3 is 5.97 Å². The second-order valence-electron chi connectivity index (χ2n) is 11.0. The number of nitrogens with zero attached hydrogens (tertiary/aromatic N) is 2. The Morgan fingerprint density at radius 3 is 2.55 bits per heavy atom. The standard InChI is InChI=1S/C32H28N2O6/c1-17(2)21-11-8-18(3)14-25(21)40-32(37)29-28-27(23-12-9-19-6-4-5-7-22(19)34(23)29)30(35)33(31(28)36)20-10-13-24-26(15-20)39-16-38-24/h4-15,17,23,27-29H,16H2,1-3H3/t23-,27-,28-,29+/m1/s1. The summed E-state index contributed by atoms with van der Waals surface area (Å²) in [5.41, 5.74) is 3.98. The summed E-state index contributed by atoms with van der Waals surface area (Å²) >= 11 is 0. The molecule has 4 heterocycles. The first-order valence-electron chi connectivity index (χ1n) is 13.5. The van der Waals surface area contributed by atoms with E-state index in [1.54, 1.807) is 18.2 Å². The minimum Gasteiger partial charge on any atom is -0.454 e. The topological polar surface area (TPSA) is 85.4 Å². The molecule has 3 aromatic carbocycles. The van der Waals surface area contributed by atoms with Crippen LogP contribution in [-0.4, -0.2) is 36.7 Å². The van der Waals surface area contributed by atoms with Crippen LogP contribution < -0.4 is 24.0 Å². The van der Waals surface area contributed by atoms with E-state index in [1.165, 1.54) is 4.90 Å². The van der Waals surface area contributed by atoms with Gasteiger partial charge in [-0.3, -0.25) is 9.59 Å². The second kappa shape index (κ2) is 8.98. The Bertz CT molecular complexity index is 1610. The van der Waals surface area contributed by atoms with Gasteiger partial charge in [0.1, 0.15) is 11.8 Å². The third-order valence-electron chi connectivity index (χ3n) is 8.27. The van der Waals surface area contributed by atoms with Crippen LogP contribution in [0.15, 0.2) is 66.7 Å². The Balaban J connectivity index is 1.31. The molecule has 0 aromatic heterocycles. The van der Waals surface area contributed by atoms with Gasteiger partial charge < -0.3 is 19.1 Å². The van der Waals surface area contributed by atoms with Crippen molar-refractivity contribution in [2.45, 2.75) is 38.8 Å². The molecule has 0 bridgehead atoms. The number of amides is 2. The number of para-hydroxylation sites is 1. The summed E-state index contributed by atoms with van der Waals surface area (Å²) in [7, 11) is 0. The van der Waals surface area contributed by atoms with Gasteiger partial charge in [0.2, 0.25) is 18.6 Å². The zero-order valence-electron chi connectivity index (χ0n) is 22.4. The smallest absolute Gasteiger partial charge is 0.335 e. The molecule has 8 heteroatoms. The number of imide groups is 1. The summed E-state index contributed by atoms with van der Waals surface area (Å²) in [4.78, 5) is 45.4. The molecule has 0 aliphatic carbocycles. The molecule has 0 spiro atoms. The molecule has 8 nitrogen and oxygen atoms in total. The Morgan fingerprint density at radius 1 is 0.950 bits per heavy atom. The van der Waals surface area contributed by atoms with Crippen molar-refractivity contribution in [2.75, 3.05) is 16.6 Å². The fraction of sp³-hybridized carbons (Fsp3) is 0.281. The highest BCUT2D eigenvalue weighted by Gasteiger charge is 2.65. The van der Waals surface area contributed by atoms with Crippen molar-refractivity contribution in [2.24, 2.45) is 11.8 Å². The van der Waals surface area contributed by atoms with Gasteiger partial charge in [0.25, 0.3) is 0 Å². The number of hydrogen-bond acceptors (Lipinski definition) is 7. The number of anilines is 2. The van der Waals surface area contributed by atoms with Crippen molar-refractivity contribution in [3.8, 4) is 17.2 Å². The lowest BCUT2D eigenvalue weighted by atomic mass is 9.88. The summed E-state index contributed by atoms with van der Waals surface area (Å²) in [5, 5.41) is 0. The Kier molecular flexibility index (Phi) is 5.49. The van der Waals surface area contributed by atoms with E-state index in [4.69, 9.17) is 14.2 Å².